The lowest BCUT2D eigenvalue weighted by atomic mass is 10.0. The van der Waals surface area contributed by atoms with Gasteiger partial charge in [0.15, 0.2) is 6.10 Å². The zero-order valence-electron chi connectivity index (χ0n) is 12.2. The number of morpholine rings is 1. The van der Waals surface area contributed by atoms with Gasteiger partial charge in [-0.15, -0.1) is 0 Å². The van der Waals surface area contributed by atoms with Gasteiger partial charge < -0.3 is 14.8 Å². The Morgan fingerprint density at radius 3 is 2.86 bits per heavy atom. The van der Waals surface area contributed by atoms with Gasteiger partial charge in [0.1, 0.15) is 24.2 Å². The van der Waals surface area contributed by atoms with Crippen molar-refractivity contribution in [1.82, 2.24) is 10.3 Å². The maximum Gasteiger partial charge on any atom is 0.151 e. The van der Waals surface area contributed by atoms with E-state index in [1.54, 1.807) is 18.3 Å². The summed E-state index contributed by atoms with van der Waals surface area (Å²) in [7, 11) is 0. The van der Waals surface area contributed by atoms with Crippen LogP contribution in [0.2, 0.25) is 0 Å². The topological polar surface area (TPSA) is 43.4 Å². The Kier molecular flexibility index (Phi) is 4.98. The molecular formula is C17H19FN2O2. The number of hydrogen-bond donors (Lipinski definition) is 1. The van der Waals surface area contributed by atoms with Gasteiger partial charge in [-0.3, -0.25) is 4.98 Å². The smallest absolute Gasteiger partial charge is 0.151 e. The van der Waals surface area contributed by atoms with E-state index in [1.165, 1.54) is 0 Å². The Morgan fingerprint density at radius 2 is 2.14 bits per heavy atom. The zero-order chi connectivity index (χ0) is 15.2. The van der Waals surface area contributed by atoms with E-state index in [9.17, 15) is 4.39 Å². The number of rotatable bonds is 5. The average Bonchev–Trinajstić information content (AvgIpc) is 2.61. The summed E-state index contributed by atoms with van der Waals surface area (Å²) < 4.78 is 25.0. The average molecular weight is 302 g/mol. The Labute approximate surface area is 129 Å². The van der Waals surface area contributed by atoms with Crippen molar-refractivity contribution in [3.8, 4) is 5.75 Å². The third-order valence-electron chi connectivity index (χ3n) is 3.65. The minimum Gasteiger partial charge on any atom is -0.481 e. The summed E-state index contributed by atoms with van der Waals surface area (Å²) in [6.07, 6.45) is 1.14. The second-order valence-corrected chi connectivity index (χ2v) is 5.14. The monoisotopic (exact) mass is 302 g/mol. The summed E-state index contributed by atoms with van der Waals surface area (Å²) in [6.45, 7) is 1.52. The van der Waals surface area contributed by atoms with Crippen LogP contribution in [0.4, 0.5) is 4.39 Å². The second-order valence-electron chi connectivity index (χ2n) is 5.14. The highest BCUT2D eigenvalue weighted by atomic mass is 19.1. The number of nitrogens with zero attached hydrogens (tertiary/aromatic N) is 1. The first-order valence-electron chi connectivity index (χ1n) is 7.42. The second kappa shape index (κ2) is 7.33. The van der Waals surface area contributed by atoms with Crippen LogP contribution < -0.4 is 10.1 Å². The van der Waals surface area contributed by atoms with Gasteiger partial charge in [0, 0.05) is 19.3 Å². The van der Waals surface area contributed by atoms with Crippen molar-refractivity contribution in [3.63, 3.8) is 0 Å². The number of benzene rings is 1. The number of nitrogens with one attached hydrogen (secondary N) is 1. The molecule has 0 radical (unpaired) electrons. The molecule has 1 aliphatic rings. The molecule has 116 valence electrons. The molecule has 0 aliphatic carbocycles. The Bertz CT molecular complexity index is 588. The fraction of sp³-hybridized carbons (Fsp3) is 0.353. The molecule has 2 heterocycles. The molecule has 0 saturated carbocycles. The number of halogens is 1. The number of alkyl halides is 1. The van der Waals surface area contributed by atoms with Gasteiger partial charge in [0.05, 0.1) is 6.61 Å². The molecule has 1 aliphatic heterocycles. The normalized spacial score (nSPS) is 19.6. The van der Waals surface area contributed by atoms with Crippen molar-refractivity contribution in [2.45, 2.75) is 18.9 Å². The minimum atomic E-state index is -0.651. The van der Waals surface area contributed by atoms with Crippen LogP contribution in [0.3, 0.4) is 0 Å². The molecule has 3 rings (SSSR count). The predicted molar refractivity (Wildman–Crippen MR) is 81.5 cm³/mol. The van der Waals surface area contributed by atoms with Gasteiger partial charge >= 0.3 is 0 Å². The molecule has 5 heteroatoms. The maximum atomic E-state index is 13.1. The van der Waals surface area contributed by atoms with E-state index in [0.717, 1.165) is 12.1 Å². The number of hydrogen-bond acceptors (Lipinski definition) is 4. The Morgan fingerprint density at radius 1 is 1.27 bits per heavy atom. The van der Waals surface area contributed by atoms with Crippen LogP contribution in [-0.4, -0.2) is 30.8 Å². The molecule has 1 aromatic carbocycles. The lowest BCUT2D eigenvalue weighted by Gasteiger charge is -2.31. The van der Waals surface area contributed by atoms with Crippen LogP contribution in [-0.2, 0) is 11.4 Å². The molecule has 1 aromatic heterocycles. The predicted octanol–water partition coefficient (Wildman–Crippen LogP) is 2.66. The standard InChI is InChI=1S/C17H19FN2O2/c18-11-14-15(7-4-8-20-14)22-17(13-5-2-1-3-6-13)16-12-19-9-10-21-16/h1-8,16-17,19H,9-12H2/t16-,17?/m0/s1. The van der Waals surface area contributed by atoms with Gasteiger partial charge in [-0.1, -0.05) is 30.3 Å². The van der Waals surface area contributed by atoms with Crippen LogP contribution in [0, 0.1) is 0 Å². The van der Waals surface area contributed by atoms with E-state index >= 15 is 0 Å². The first kappa shape index (κ1) is 14.9. The zero-order valence-corrected chi connectivity index (χ0v) is 12.2. The van der Waals surface area contributed by atoms with Crippen LogP contribution >= 0.6 is 0 Å². The van der Waals surface area contributed by atoms with Crippen LogP contribution in [0.25, 0.3) is 0 Å². The Balaban J connectivity index is 1.88. The van der Waals surface area contributed by atoms with Crippen molar-refractivity contribution in [3.05, 3.63) is 59.9 Å². The third kappa shape index (κ3) is 3.43. The van der Waals surface area contributed by atoms with Crippen LogP contribution in [0.15, 0.2) is 48.7 Å². The molecule has 0 bridgehead atoms. The van der Waals surface area contributed by atoms with Gasteiger partial charge in [0.25, 0.3) is 0 Å². The quantitative estimate of drug-likeness (QED) is 0.922. The summed E-state index contributed by atoms with van der Waals surface area (Å²) in [5, 5.41) is 3.30. The molecule has 0 amide bonds. The first-order chi connectivity index (χ1) is 10.9. The summed E-state index contributed by atoms with van der Waals surface area (Å²) in [5.41, 5.74) is 1.32. The van der Waals surface area contributed by atoms with Gasteiger partial charge in [0.2, 0.25) is 0 Å². The van der Waals surface area contributed by atoms with Crippen molar-refractivity contribution in [2.75, 3.05) is 19.7 Å². The SMILES string of the molecule is FCc1ncccc1OC(c1ccccc1)[C@@H]1CNCCO1. The molecule has 4 nitrogen and oxygen atoms in total. The molecule has 0 spiro atoms. The molecule has 2 aromatic rings. The maximum absolute atomic E-state index is 13.1. The highest BCUT2D eigenvalue weighted by molar-refractivity contribution is 5.29. The fourth-order valence-corrected chi connectivity index (χ4v) is 2.55. The van der Waals surface area contributed by atoms with Crippen molar-refractivity contribution < 1.29 is 13.9 Å². The van der Waals surface area contributed by atoms with Crippen LogP contribution in [0.1, 0.15) is 17.4 Å². The largest absolute Gasteiger partial charge is 0.481 e. The molecule has 22 heavy (non-hydrogen) atoms. The summed E-state index contributed by atoms with van der Waals surface area (Å²) in [5.74, 6) is 0.466. The van der Waals surface area contributed by atoms with E-state index < -0.39 is 6.67 Å². The van der Waals surface area contributed by atoms with Crippen molar-refractivity contribution in [1.29, 1.82) is 0 Å². The molecular weight excluding hydrogens is 283 g/mol. The number of aromatic nitrogens is 1. The van der Waals surface area contributed by atoms with Crippen molar-refractivity contribution in [2.24, 2.45) is 0 Å². The summed E-state index contributed by atoms with van der Waals surface area (Å²) in [4.78, 5) is 4.03. The molecule has 1 fully saturated rings. The molecule has 1 unspecified atom stereocenters. The highest BCUT2D eigenvalue weighted by Gasteiger charge is 2.28. The van der Waals surface area contributed by atoms with E-state index in [-0.39, 0.29) is 12.2 Å². The number of ether oxygens (including phenoxy) is 2. The summed E-state index contributed by atoms with van der Waals surface area (Å²) in [6, 6.07) is 13.4. The van der Waals surface area contributed by atoms with Gasteiger partial charge in [-0.05, 0) is 17.7 Å². The lowest BCUT2D eigenvalue weighted by molar-refractivity contribution is -0.0437. The Hall–Kier alpha value is -1.98. The van der Waals surface area contributed by atoms with E-state index in [2.05, 4.69) is 10.3 Å². The molecule has 2 atom stereocenters. The lowest BCUT2D eigenvalue weighted by Crippen LogP contribution is -2.43. The molecule has 1 saturated heterocycles. The van der Waals surface area contributed by atoms with Crippen molar-refractivity contribution >= 4 is 0 Å². The van der Waals surface area contributed by atoms with Gasteiger partial charge in [-0.25, -0.2) is 4.39 Å². The van der Waals surface area contributed by atoms with Gasteiger partial charge in [-0.2, -0.15) is 0 Å². The first-order valence-corrected chi connectivity index (χ1v) is 7.42. The third-order valence-corrected chi connectivity index (χ3v) is 3.65. The van der Waals surface area contributed by atoms with E-state index in [0.29, 0.717) is 24.6 Å². The highest BCUT2D eigenvalue weighted by Crippen LogP contribution is 2.29. The summed E-state index contributed by atoms with van der Waals surface area (Å²) >= 11 is 0. The van der Waals surface area contributed by atoms with E-state index in [4.69, 9.17) is 9.47 Å². The van der Waals surface area contributed by atoms with Crippen LogP contribution in [0.5, 0.6) is 5.75 Å². The minimum absolute atomic E-state index is 0.121. The fourth-order valence-electron chi connectivity index (χ4n) is 2.55. The number of pyridine rings is 1. The molecule has 1 N–H and O–H groups in total. The van der Waals surface area contributed by atoms with E-state index in [1.807, 2.05) is 30.3 Å².